The number of carbonyl (C=O) groups is 1. The van der Waals surface area contributed by atoms with Gasteiger partial charge in [-0.05, 0) is 39.7 Å². The minimum absolute atomic E-state index is 0.0419. The summed E-state index contributed by atoms with van der Waals surface area (Å²) in [6, 6.07) is 0.164. The van der Waals surface area contributed by atoms with Crippen molar-refractivity contribution in [2.45, 2.75) is 46.1 Å². The zero-order chi connectivity index (χ0) is 21.2. The highest BCUT2D eigenvalue weighted by atomic mass is 16.5. The lowest BCUT2D eigenvalue weighted by Crippen LogP contribution is -2.31. The van der Waals surface area contributed by atoms with Gasteiger partial charge in [0.2, 0.25) is 0 Å². The van der Waals surface area contributed by atoms with E-state index in [4.69, 9.17) is 15.6 Å². The number of hydrogen-bond donors (Lipinski definition) is 3. The third-order valence-corrected chi connectivity index (χ3v) is 5.45. The number of ether oxygens (including phenoxy) is 1. The van der Waals surface area contributed by atoms with Crippen molar-refractivity contribution in [1.29, 1.82) is 10.8 Å². The highest BCUT2D eigenvalue weighted by Crippen LogP contribution is 2.35. The smallest absolute Gasteiger partial charge is 0.312 e. The van der Waals surface area contributed by atoms with E-state index in [1.165, 1.54) is 11.1 Å². The molecule has 3 N–H and O–H groups in total. The first-order chi connectivity index (χ1) is 13.8. The molecule has 2 heterocycles. The van der Waals surface area contributed by atoms with Crippen LogP contribution in [0.4, 0.5) is 0 Å². The molecule has 2 atom stereocenters. The first kappa shape index (κ1) is 21.0. The number of aliphatic hydroxyl groups is 1. The molecule has 8 nitrogen and oxygen atoms in total. The van der Waals surface area contributed by atoms with Gasteiger partial charge in [0.1, 0.15) is 5.84 Å². The molecule has 0 saturated heterocycles. The maximum atomic E-state index is 12.0. The third-order valence-electron chi connectivity index (χ3n) is 5.45. The monoisotopic (exact) mass is 399 g/mol. The second-order valence-corrected chi connectivity index (χ2v) is 8.57. The maximum Gasteiger partial charge on any atom is 0.312 e. The minimum atomic E-state index is -0.605. The molecule has 1 fully saturated rings. The number of esters is 1. The van der Waals surface area contributed by atoms with Crippen LogP contribution < -0.4 is 0 Å². The quantitative estimate of drug-likeness (QED) is 0.502. The molecule has 1 aromatic heterocycles. The molecule has 0 bridgehead atoms. The minimum Gasteiger partial charge on any atom is -0.443 e. The summed E-state index contributed by atoms with van der Waals surface area (Å²) in [6.07, 6.45) is 11.3. The zero-order valence-electron chi connectivity index (χ0n) is 17.2. The van der Waals surface area contributed by atoms with Crippen LogP contribution >= 0.6 is 0 Å². The van der Waals surface area contributed by atoms with E-state index in [1.807, 2.05) is 10.9 Å². The van der Waals surface area contributed by atoms with Crippen LogP contribution in [0.25, 0.3) is 5.57 Å². The van der Waals surface area contributed by atoms with Crippen molar-refractivity contribution in [3.63, 3.8) is 0 Å². The fourth-order valence-electron chi connectivity index (χ4n) is 3.70. The van der Waals surface area contributed by atoms with E-state index in [1.54, 1.807) is 39.2 Å². The van der Waals surface area contributed by atoms with E-state index in [2.05, 4.69) is 5.10 Å². The van der Waals surface area contributed by atoms with Crippen molar-refractivity contribution in [1.82, 2.24) is 14.7 Å². The number of allylic oxidation sites excluding steroid dienone is 1. The Morgan fingerprint density at radius 2 is 2.17 bits per heavy atom. The summed E-state index contributed by atoms with van der Waals surface area (Å²) in [4.78, 5) is 13.5. The molecule has 1 aliphatic heterocycles. The molecule has 2 unspecified atom stereocenters. The van der Waals surface area contributed by atoms with Crippen LogP contribution in [0, 0.1) is 22.2 Å². The SMILES string of the molecule is CC(C)(C)C(=O)OCN1C=C/C(=C(/C=N)c2cnn(C3CCCC3CO)c2)C1=N. The first-order valence-electron chi connectivity index (χ1n) is 9.87. The lowest BCUT2D eigenvalue weighted by atomic mass is 9.98. The van der Waals surface area contributed by atoms with E-state index in [9.17, 15) is 9.90 Å². The average Bonchev–Trinajstić information content (AvgIpc) is 3.40. The van der Waals surface area contributed by atoms with E-state index < -0.39 is 5.41 Å². The fourth-order valence-corrected chi connectivity index (χ4v) is 3.70. The van der Waals surface area contributed by atoms with Crippen LogP contribution in [-0.4, -0.2) is 51.1 Å². The molecule has 8 heteroatoms. The van der Waals surface area contributed by atoms with Crippen LogP contribution in [0.2, 0.25) is 0 Å². The van der Waals surface area contributed by atoms with Gasteiger partial charge < -0.3 is 15.3 Å². The van der Waals surface area contributed by atoms with Crippen LogP contribution in [0.3, 0.4) is 0 Å². The first-order valence-corrected chi connectivity index (χ1v) is 9.87. The molecule has 0 aromatic carbocycles. The Morgan fingerprint density at radius 3 is 2.83 bits per heavy atom. The van der Waals surface area contributed by atoms with Gasteiger partial charge in [0.25, 0.3) is 0 Å². The van der Waals surface area contributed by atoms with Crippen molar-refractivity contribution in [3.8, 4) is 0 Å². The molecule has 1 saturated carbocycles. The number of aromatic nitrogens is 2. The lowest BCUT2D eigenvalue weighted by Gasteiger charge is -2.21. The highest BCUT2D eigenvalue weighted by molar-refractivity contribution is 6.21. The van der Waals surface area contributed by atoms with Crippen molar-refractivity contribution in [3.05, 3.63) is 35.8 Å². The Hall–Kier alpha value is -2.74. The van der Waals surface area contributed by atoms with Crippen LogP contribution in [0.15, 0.2) is 30.2 Å². The molecule has 0 radical (unpaired) electrons. The standard InChI is InChI=1S/C21H29N5O3/c1-21(2,3)20(28)29-13-25-8-7-16(19(25)23)17(9-22)15-10-24-26(11-15)18-6-4-5-14(18)12-27/h7-11,14,18,22-23,27H,4-6,12-13H2,1-3H3/b17-16+,22-9?,23-19?. The van der Waals surface area contributed by atoms with Crippen LogP contribution in [0.1, 0.15) is 51.6 Å². The maximum absolute atomic E-state index is 12.0. The number of aliphatic hydroxyl groups excluding tert-OH is 1. The Kier molecular flexibility index (Phi) is 6.02. The summed E-state index contributed by atoms with van der Waals surface area (Å²) in [5.74, 6) is 0.0447. The van der Waals surface area contributed by atoms with Crippen molar-refractivity contribution >= 4 is 23.6 Å². The number of nitrogens with zero attached hydrogens (tertiary/aromatic N) is 3. The zero-order valence-corrected chi connectivity index (χ0v) is 17.2. The molecule has 1 aliphatic carbocycles. The normalized spacial score (nSPS) is 23.6. The number of amidine groups is 1. The second-order valence-electron chi connectivity index (χ2n) is 8.57. The van der Waals surface area contributed by atoms with Gasteiger partial charge in [-0.25, -0.2) is 0 Å². The summed E-state index contributed by atoms with van der Waals surface area (Å²) < 4.78 is 7.17. The summed E-state index contributed by atoms with van der Waals surface area (Å²) >= 11 is 0. The summed E-state index contributed by atoms with van der Waals surface area (Å²) in [5.41, 5.74) is 1.31. The van der Waals surface area contributed by atoms with Crippen molar-refractivity contribution in [2.75, 3.05) is 13.3 Å². The number of rotatable bonds is 6. The van der Waals surface area contributed by atoms with E-state index >= 15 is 0 Å². The molecular weight excluding hydrogens is 370 g/mol. The van der Waals surface area contributed by atoms with Gasteiger partial charge in [-0.2, -0.15) is 5.10 Å². The Bertz CT molecular complexity index is 862. The molecule has 29 heavy (non-hydrogen) atoms. The van der Waals surface area contributed by atoms with Gasteiger partial charge in [0.05, 0.1) is 17.7 Å². The predicted octanol–water partition coefficient (Wildman–Crippen LogP) is 2.97. The van der Waals surface area contributed by atoms with E-state index in [0.29, 0.717) is 11.1 Å². The summed E-state index contributed by atoms with van der Waals surface area (Å²) in [7, 11) is 0. The van der Waals surface area contributed by atoms with E-state index in [-0.39, 0.29) is 37.1 Å². The Labute approximate surface area is 170 Å². The van der Waals surface area contributed by atoms with Gasteiger partial charge in [-0.15, -0.1) is 0 Å². The van der Waals surface area contributed by atoms with E-state index in [0.717, 1.165) is 24.8 Å². The Balaban J connectivity index is 1.76. The molecule has 156 valence electrons. The molecule has 3 rings (SSSR count). The number of nitrogens with one attached hydrogen (secondary N) is 2. The molecular formula is C21H29N5O3. The van der Waals surface area contributed by atoms with Crippen molar-refractivity contribution in [2.24, 2.45) is 11.3 Å². The molecule has 0 spiro atoms. The Morgan fingerprint density at radius 1 is 1.41 bits per heavy atom. The average molecular weight is 399 g/mol. The topological polar surface area (TPSA) is 115 Å². The van der Waals surface area contributed by atoms with Gasteiger partial charge >= 0.3 is 5.97 Å². The number of carbonyl (C=O) groups excluding carboxylic acids is 1. The largest absolute Gasteiger partial charge is 0.443 e. The van der Waals surface area contributed by atoms with Gasteiger partial charge in [0.15, 0.2) is 6.73 Å². The molecule has 2 aliphatic rings. The highest BCUT2D eigenvalue weighted by Gasteiger charge is 2.30. The summed E-state index contributed by atoms with van der Waals surface area (Å²) in [5, 5.41) is 30.3. The number of hydrogen-bond acceptors (Lipinski definition) is 6. The van der Waals surface area contributed by atoms with Crippen LogP contribution in [-0.2, 0) is 9.53 Å². The second kappa shape index (κ2) is 8.32. The van der Waals surface area contributed by atoms with Gasteiger partial charge in [0, 0.05) is 47.8 Å². The fraction of sp³-hybridized carbons (Fsp3) is 0.524. The third kappa shape index (κ3) is 4.32. The van der Waals surface area contributed by atoms with Crippen molar-refractivity contribution < 1.29 is 14.6 Å². The van der Waals surface area contributed by atoms with Gasteiger partial charge in [-0.3, -0.25) is 19.8 Å². The molecule has 0 amide bonds. The molecule has 1 aromatic rings. The predicted molar refractivity (Wildman–Crippen MR) is 111 cm³/mol. The summed E-state index contributed by atoms with van der Waals surface area (Å²) in [6.45, 7) is 5.45. The lowest BCUT2D eigenvalue weighted by molar-refractivity contribution is -0.155. The van der Waals surface area contributed by atoms with Gasteiger partial charge in [-0.1, -0.05) is 6.42 Å². The van der Waals surface area contributed by atoms with Crippen LogP contribution in [0.5, 0.6) is 0 Å².